The number of rotatable bonds is 4. The molecule has 3 nitrogen and oxygen atoms in total. The summed E-state index contributed by atoms with van der Waals surface area (Å²) in [6.45, 7) is 6.08. The van der Waals surface area contributed by atoms with Crippen molar-refractivity contribution in [3.05, 3.63) is 0 Å². The van der Waals surface area contributed by atoms with Gasteiger partial charge in [-0.2, -0.15) is 0 Å². The third-order valence-electron chi connectivity index (χ3n) is 2.79. The van der Waals surface area contributed by atoms with Gasteiger partial charge in [0.2, 0.25) is 0 Å². The lowest BCUT2D eigenvalue weighted by Gasteiger charge is -2.31. The number of aliphatic hydroxyl groups excluding tert-OH is 1. The molecule has 0 aliphatic carbocycles. The van der Waals surface area contributed by atoms with Gasteiger partial charge < -0.3 is 15.7 Å². The molecule has 2 unspecified atom stereocenters. The maximum Gasteiger partial charge on any atom is 0.0674 e. The fraction of sp³-hybridized carbons (Fsp3) is 1.00. The first kappa shape index (κ1) is 11.0. The Morgan fingerprint density at radius 1 is 1.62 bits per heavy atom. The van der Waals surface area contributed by atoms with E-state index in [9.17, 15) is 5.11 Å². The number of nitrogens with zero attached hydrogens (tertiary/aromatic N) is 1. The molecule has 1 fully saturated rings. The molecule has 0 radical (unpaired) electrons. The molecule has 13 heavy (non-hydrogen) atoms. The maximum absolute atomic E-state index is 9.30. The highest BCUT2D eigenvalue weighted by Crippen LogP contribution is 2.15. The SMILES string of the molecule is CC1CCCN(CCC(O)CN)C1. The minimum Gasteiger partial charge on any atom is -0.392 e. The fourth-order valence-corrected chi connectivity index (χ4v) is 1.94. The van der Waals surface area contributed by atoms with Gasteiger partial charge in [-0.1, -0.05) is 6.92 Å². The summed E-state index contributed by atoms with van der Waals surface area (Å²) in [6.07, 6.45) is 3.18. The molecule has 3 heteroatoms. The first-order chi connectivity index (χ1) is 6.22. The molecule has 0 amide bonds. The van der Waals surface area contributed by atoms with E-state index in [1.807, 2.05) is 0 Å². The van der Waals surface area contributed by atoms with E-state index >= 15 is 0 Å². The van der Waals surface area contributed by atoms with Crippen LogP contribution in [0.25, 0.3) is 0 Å². The highest BCUT2D eigenvalue weighted by molar-refractivity contribution is 4.71. The van der Waals surface area contributed by atoms with E-state index < -0.39 is 0 Å². The highest BCUT2D eigenvalue weighted by atomic mass is 16.3. The number of nitrogens with two attached hydrogens (primary N) is 1. The van der Waals surface area contributed by atoms with Gasteiger partial charge in [0.05, 0.1) is 6.10 Å². The molecule has 1 saturated heterocycles. The van der Waals surface area contributed by atoms with E-state index in [0.717, 1.165) is 18.9 Å². The van der Waals surface area contributed by atoms with Crippen molar-refractivity contribution < 1.29 is 5.11 Å². The van der Waals surface area contributed by atoms with Crippen LogP contribution in [-0.4, -0.2) is 42.3 Å². The second kappa shape index (κ2) is 5.58. The number of aliphatic hydroxyl groups is 1. The number of piperidine rings is 1. The molecule has 0 aromatic carbocycles. The molecule has 1 heterocycles. The Balaban J connectivity index is 2.13. The molecule has 1 aliphatic rings. The summed E-state index contributed by atoms with van der Waals surface area (Å²) < 4.78 is 0. The summed E-state index contributed by atoms with van der Waals surface area (Å²) in [5.74, 6) is 0.823. The van der Waals surface area contributed by atoms with Crippen LogP contribution in [0.1, 0.15) is 26.2 Å². The van der Waals surface area contributed by atoms with Crippen molar-refractivity contribution in [1.29, 1.82) is 0 Å². The van der Waals surface area contributed by atoms with Gasteiger partial charge in [-0.15, -0.1) is 0 Å². The molecule has 78 valence electrons. The molecule has 2 atom stereocenters. The van der Waals surface area contributed by atoms with Gasteiger partial charge in [0.1, 0.15) is 0 Å². The van der Waals surface area contributed by atoms with Crippen LogP contribution in [0.2, 0.25) is 0 Å². The molecule has 0 aromatic rings. The van der Waals surface area contributed by atoms with E-state index in [0.29, 0.717) is 6.54 Å². The van der Waals surface area contributed by atoms with Gasteiger partial charge in [-0.05, 0) is 31.7 Å². The minimum atomic E-state index is -0.308. The summed E-state index contributed by atoms with van der Waals surface area (Å²) in [5.41, 5.74) is 5.35. The Morgan fingerprint density at radius 2 is 2.38 bits per heavy atom. The zero-order valence-electron chi connectivity index (χ0n) is 8.58. The van der Waals surface area contributed by atoms with Crippen molar-refractivity contribution in [2.45, 2.75) is 32.3 Å². The largest absolute Gasteiger partial charge is 0.392 e. The van der Waals surface area contributed by atoms with Gasteiger partial charge >= 0.3 is 0 Å². The quantitative estimate of drug-likeness (QED) is 0.669. The molecular weight excluding hydrogens is 164 g/mol. The first-order valence-corrected chi connectivity index (χ1v) is 5.33. The molecule has 0 aromatic heterocycles. The van der Waals surface area contributed by atoms with Crippen LogP contribution in [0.5, 0.6) is 0 Å². The molecule has 1 rings (SSSR count). The standard InChI is InChI=1S/C10H22N2O/c1-9-3-2-5-12(8-9)6-4-10(13)7-11/h9-10,13H,2-8,11H2,1H3. The Bertz CT molecular complexity index is 141. The lowest BCUT2D eigenvalue weighted by molar-refractivity contribution is 0.126. The first-order valence-electron chi connectivity index (χ1n) is 5.33. The van der Waals surface area contributed by atoms with Gasteiger partial charge in [0.15, 0.2) is 0 Å². The van der Waals surface area contributed by atoms with Crippen LogP contribution in [-0.2, 0) is 0 Å². The zero-order valence-corrected chi connectivity index (χ0v) is 8.58. The summed E-state index contributed by atoms with van der Waals surface area (Å²) in [4.78, 5) is 2.44. The Morgan fingerprint density at radius 3 is 3.00 bits per heavy atom. The molecule has 1 aliphatic heterocycles. The summed E-state index contributed by atoms with van der Waals surface area (Å²) in [5, 5.41) is 9.30. The Labute approximate surface area is 80.9 Å². The van der Waals surface area contributed by atoms with Crippen LogP contribution in [0, 0.1) is 5.92 Å². The van der Waals surface area contributed by atoms with Crippen LogP contribution in [0.4, 0.5) is 0 Å². The normalized spacial score (nSPS) is 27.5. The zero-order chi connectivity index (χ0) is 9.68. The predicted molar refractivity (Wildman–Crippen MR) is 54.5 cm³/mol. The van der Waals surface area contributed by atoms with E-state index in [-0.39, 0.29) is 6.10 Å². The molecule has 0 saturated carbocycles. The van der Waals surface area contributed by atoms with E-state index in [2.05, 4.69) is 11.8 Å². The molecule has 0 spiro atoms. The number of likely N-dealkylation sites (tertiary alicyclic amines) is 1. The second-order valence-corrected chi connectivity index (χ2v) is 4.23. The third kappa shape index (κ3) is 4.07. The highest BCUT2D eigenvalue weighted by Gasteiger charge is 2.16. The summed E-state index contributed by atoms with van der Waals surface area (Å²) in [7, 11) is 0. The van der Waals surface area contributed by atoms with Crippen LogP contribution >= 0.6 is 0 Å². The number of hydrogen-bond acceptors (Lipinski definition) is 3. The second-order valence-electron chi connectivity index (χ2n) is 4.23. The minimum absolute atomic E-state index is 0.308. The Kier molecular flexibility index (Phi) is 4.70. The van der Waals surface area contributed by atoms with Crippen LogP contribution in [0.3, 0.4) is 0 Å². The number of hydrogen-bond donors (Lipinski definition) is 2. The monoisotopic (exact) mass is 186 g/mol. The fourth-order valence-electron chi connectivity index (χ4n) is 1.94. The van der Waals surface area contributed by atoms with Crippen LogP contribution < -0.4 is 5.73 Å². The van der Waals surface area contributed by atoms with Crippen molar-refractivity contribution in [2.75, 3.05) is 26.2 Å². The van der Waals surface area contributed by atoms with E-state index in [4.69, 9.17) is 5.73 Å². The lowest BCUT2D eigenvalue weighted by atomic mass is 10.00. The van der Waals surface area contributed by atoms with Crippen LogP contribution in [0.15, 0.2) is 0 Å². The summed E-state index contributed by atoms with van der Waals surface area (Å²) >= 11 is 0. The topological polar surface area (TPSA) is 49.5 Å². The smallest absolute Gasteiger partial charge is 0.0674 e. The maximum atomic E-state index is 9.30. The van der Waals surface area contributed by atoms with Crippen molar-refractivity contribution in [3.63, 3.8) is 0 Å². The lowest BCUT2D eigenvalue weighted by Crippen LogP contribution is -2.37. The van der Waals surface area contributed by atoms with Crippen molar-refractivity contribution in [1.82, 2.24) is 4.90 Å². The van der Waals surface area contributed by atoms with Gasteiger partial charge in [-0.3, -0.25) is 0 Å². The van der Waals surface area contributed by atoms with Crippen molar-refractivity contribution in [3.8, 4) is 0 Å². The van der Waals surface area contributed by atoms with Gasteiger partial charge in [-0.25, -0.2) is 0 Å². The summed E-state index contributed by atoms with van der Waals surface area (Å²) in [6, 6.07) is 0. The van der Waals surface area contributed by atoms with Crippen molar-refractivity contribution in [2.24, 2.45) is 11.7 Å². The van der Waals surface area contributed by atoms with Gasteiger partial charge in [0, 0.05) is 19.6 Å². The predicted octanol–water partition coefficient (Wildman–Crippen LogP) is 0.428. The average Bonchev–Trinajstić information content (AvgIpc) is 2.14. The Hall–Kier alpha value is -0.120. The third-order valence-corrected chi connectivity index (χ3v) is 2.79. The average molecular weight is 186 g/mol. The van der Waals surface area contributed by atoms with Gasteiger partial charge in [0.25, 0.3) is 0 Å². The van der Waals surface area contributed by atoms with E-state index in [1.54, 1.807) is 0 Å². The molecular formula is C10H22N2O. The molecule has 3 N–H and O–H groups in total. The van der Waals surface area contributed by atoms with Crippen molar-refractivity contribution >= 4 is 0 Å². The molecule has 0 bridgehead atoms. The van der Waals surface area contributed by atoms with E-state index in [1.165, 1.54) is 25.9 Å².